The van der Waals surface area contributed by atoms with Gasteiger partial charge in [0, 0.05) is 12.6 Å². The molecule has 16 heavy (non-hydrogen) atoms. The fraction of sp³-hybridized carbons (Fsp3) is 0.538. The molecule has 2 rings (SSSR count). The van der Waals surface area contributed by atoms with E-state index in [1.807, 2.05) is 13.1 Å². The van der Waals surface area contributed by atoms with Crippen molar-refractivity contribution in [2.24, 2.45) is 0 Å². The van der Waals surface area contributed by atoms with E-state index >= 15 is 0 Å². The van der Waals surface area contributed by atoms with Gasteiger partial charge in [-0.25, -0.2) is 4.39 Å². The highest BCUT2D eigenvalue weighted by Crippen LogP contribution is 2.17. The SMILES string of the molecule is CN[C@H](CN1CCCC1)c1cccc(F)c1. The van der Waals surface area contributed by atoms with Crippen LogP contribution in [0.15, 0.2) is 24.3 Å². The normalized spacial score (nSPS) is 18.9. The van der Waals surface area contributed by atoms with Crippen LogP contribution >= 0.6 is 0 Å². The fourth-order valence-electron chi connectivity index (χ4n) is 2.31. The molecule has 1 fully saturated rings. The van der Waals surface area contributed by atoms with Gasteiger partial charge in [-0.1, -0.05) is 12.1 Å². The molecule has 0 radical (unpaired) electrons. The summed E-state index contributed by atoms with van der Waals surface area (Å²) in [6.07, 6.45) is 2.58. The van der Waals surface area contributed by atoms with Gasteiger partial charge in [0.05, 0.1) is 0 Å². The predicted molar refractivity (Wildman–Crippen MR) is 63.9 cm³/mol. The fourth-order valence-corrected chi connectivity index (χ4v) is 2.31. The molecule has 0 unspecified atom stereocenters. The summed E-state index contributed by atoms with van der Waals surface area (Å²) in [5, 5.41) is 3.26. The second kappa shape index (κ2) is 5.41. The van der Waals surface area contributed by atoms with Gasteiger partial charge in [-0.15, -0.1) is 0 Å². The molecule has 0 aliphatic carbocycles. The summed E-state index contributed by atoms with van der Waals surface area (Å²) in [5.74, 6) is -0.154. The van der Waals surface area contributed by atoms with Crippen molar-refractivity contribution in [2.75, 3.05) is 26.7 Å². The number of likely N-dealkylation sites (N-methyl/N-ethyl adjacent to an activating group) is 1. The third-order valence-corrected chi connectivity index (χ3v) is 3.24. The average Bonchev–Trinajstić information content (AvgIpc) is 2.78. The van der Waals surface area contributed by atoms with Gasteiger partial charge in [-0.3, -0.25) is 0 Å². The molecule has 1 aliphatic rings. The molecule has 3 heteroatoms. The monoisotopic (exact) mass is 222 g/mol. The zero-order chi connectivity index (χ0) is 11.4. The van der Waals surface area contributed by atoms with E-state index in [1.165, 1.54) is 32.0 Å². The minimum Gasteiger partial charge on any atom is -0.312 e. The smallest absolute Gasteiger partial charge is 0.123 e. The predicted octanol–water partition coefficient (Wildman–Crippen LogP) is 2.18. The molecule has 1 aromatic rings. The van der Waals surface area contributed by atoms with Gasteiger partial charge in [0.15, 0.2) is 0 Å². The Kier molecular flexibility index (Phi) is 3.91. The number of benzene rings is 1. The molecular weight excluding hydrogens is 203 g/mol. The molecule has 0 aromatic heterocycles. The van der Waals surface area contributed by atoms with Crippen LogP contribution in [0.3, 0.4) is 0 Å². The minimum atomic E-state index is -0.154. The summed E-state index contributed by atoms with van der Waals surface area (Å²) in [5.41, 5.74) is 1.04. The molecule has 1 aromatic carbocycles. The Morgan fingerprint density at radius 3 is 2.75 bits per heavy atom. The second-order valence-electron chi connectivity index (χ2n) is 4.40. The Hall–Kier alpha value is -0.930. The number of nitrogens with zero attached hydrogens (tertiary/aromatic N) is 1. The number of hydrogen-bond acceptors (Lipinski definition) is 2. The van der Waals surface area contributed by atoms with Crippen molar-refractivity contribution in [2.45, 2.75) is 18.9 Å². The molecule has 0 spiro atoms. The molecule has 2 nitrogen and oxygen atoms in total. The number of likely N-dealkylation sites (tertiary alicyclic amines) is 1. The maximum absolute atomic E-state index is 13.1. The van der Waals surface area contributed by atoms with Gasteiger partial charge in [0.1, 0.15) is 5.82 Å². The van der Waals surface area contributed by atoms with Crippen molar-refractivity contribution in [1.29, 1.82) is 0 Å². The van der Waals surface area contributed by atoms with E-state index in [9.17, 15) is 4.39 Å². The molecular formula is C13H19FN2. The van der Waals surface area contributed by atoms with E-state index in [4.69, 9.17) is 0 Å². The van der Waals surface area contributed by atoms with Gasteiger partial charge in [0.25, 0.3) is 0 Å². The molecule has 0 saturated carbocycles. The van der Waals surface area contributed by atoms with Crippen molar-refractivity contribution < 1.29 is 4.39 Å². The van der Waals surface area contributed by atoms with Crippen LogP contribution in [0.25, 0.3) is 0 Å². The second-order valence-corrected chi connectivity index (χ2v) is 4.40. The summed E-state index contributed by atoms with van der Waals surface area (Å²) in [7, 11) is 1.94. The van der Waals surface area contributed by atoms with E-state index in [1.54, 1.807) is 12.1 Å². The first-order valence-electron chi connectivity index (χ1n) is 5.94. The molecule has 1 N–H and O–H groups in total. The highest BCUT2D eigenvalue weighted by Gasteiger charge is 2.17. The number of nitrogens with one attached hydrogen (secondary N) is 1. The topological polar surface area (TPSA) is 15.3 Å². The lowest BCUT2D eigenvalue weighted by molar-refractivity contribution is 0.299. The van der Waals surface area contributed by atoms with Gasteiger partial charge in [0.2, 0.25) is 0 Å². The zero-order valence-corrected chi connectivity index (χ0v) is 9.75. The molecule has 0 amide bonds. The summed E-state index contributed by atoms with van der Waals surface area (Å²) in [6, 6.07) is 7.11. The Morgan fingerprint density at radius 2 is 2.12 bits per heavy atom. The van der Waals surface area contributed by atoms with Crippen LogP contribution in [-0.4, -0.2) is 31.6 Å². The van der Waals surface area contributed by atoms with E-state index in [0.717, 1.165) is 12.1 Å². The first kappa shape index (κ1) is 11.6. The maximum Gasteiger partial charge on any atom is 0.123 e. The Morgan fingerprint density at radius 1 is 1.38 bits per heavy atom. The summed E-state index contributed by atoms with van der Waals surface area (Å²) < 4.78 is 13.1. The van der Waals surface area contributed by atoms with Crippen LogP contribution in [0, 0.1) is 5.82 Å². The highest BCUT2D eigenvalue weighted by atomic mass is 19.1. The first-order valence-corrected chi connectivity index (χ1v) is 5.94. The Labute approximate surface area is 96.5 Å². The van der Waals surface area contributed by atoms with Gasteiger partial charge >= 0.3 is 0 Å². The number of halogens is 1. The lowest BCUT2D eigenvalue weighted by Crippen LogP contribution is -2.31. The van der Waals surface area contributed by atoms with Crippen molar-refractivity contribution in [3.05, 3.63) is 35.6 Å². The largest absolute Gasteiger partial charge is 0.312 e. The van der Waals surface area contributed by atoms with Crippen LogP contribution in [0.1, 0.15) is 24.4 Å². The standard InChI is InChI=1S/C13H19FN2/c1-15-13(10-16-7-2-3-8-16)11-5-4-6-12(14)9-11/h4-6,9,13,15H,2-3,7-8,10H2,1H3/t13-/m1/s1. The van der Waals surface area contributed by atoms with Crippen LogP contribution in [0.4, 0.5) is 4.39 Å². The Balaban J connectivity index is 2.03. The molecule has 0 bridgehead atoms. The maximum atomic E-state index is 13.1. The van der Waals surface area contributed by atoms with Gasteiger partial charge < -0.3 is 10.2 Å². The van der Waals surface area contributed by atoms with E-state index in [0.29, 0.717) is 0 Å². The van der Waals surface area contributed by atoms with E-state index < -0.39 is 0 Å². The Bertz CT molecular complexity index is 334. The number of rotatable bonds is 4. The molecule has 88 valence electrons. The first-order chi connectivity index (χ1) is 7.79. The highest BCUT2D eigenvalue weighted by molar-refractivity contribution is 5.20. The molecule has 1 saturated heterocycles. The van der Waals surface area contributed by atoms with Crippen LogP contribution in [-0.2, 0) is 0 Å². The van der Waals surface area contributed by atoms with E-state index in [-0.39, 0.29) is 11.9 Å². The zero-order valence-electron chi connectivity index (χ0n) is 9.75. The van der Waals surface area contributed by atoms with Gasteiger partial charge in [-0.2, -0.15) is 0 Å². The van der Waals surface area contributed by atoms with Crippen molar-refractivity contribution >= 4 is 0 Å². The molecule has 1 atom stereocenters. The summed E-state index contributed by atoms with van der Waals surface area (Å²) >= 11 is 0. The third kappa shape index (κ3) is 2.80. The quantitative estimate of drug-likeness (QED) is 0.840. The molecule has 1 heterocycles. The van der Waals surface area contributed by atoms with Crippen LogP contribution in [0.2, 0.25) is 0 Å². The van der Waals surface area contributed by atoms with Gasteiger partial charge in [-0.05, 0) is 50.7 Å². The van der Waals surface area contributed by atoms with E-state index in [2.05, 4.69) is 10.2 Å². The average molecular weight is 222 g/mol. The van der Waals surface area contributed by atoms with Crippen molar-refractivity contribution in [3.63, 3.8) is 0 Å². The third-order valence-electron chi connectivity index (χ3n) is 3.24. The summed E-state index contributed by atoms with van der Waals surface area (Å²) in [4.78, 5) is 2.44. The lowest BCUT2D eigenvalue weighted by atomic mass is 10.1. The van der Waals surface area contributed by atoms with Crippen molar-refractivity contribution in [1.82, 2.24) is 10.2 Å². The van der Waals surface area contributed by atoms with Crippen LogP contribution < -0.4 is 5.32 Å². The number of hydrogen-bond donors (Lipinski definition) is 1. The molecule has 1 aliphatic heterocycles. The minimum absolute atomic E-state index is 0.154. The van der Waals surface area contributed by atoms with Crippen LogP contribution in [0.5, 0.6) is 0 Å². The summed E-state index contributed by atoms with van der Waals surface area (Å²) in [6.45, 7) is 3.32. The lowest BCUT2D eigenvalue weighted by Gasteiger charge is -2.23. The van der Waals surface area contributed by atoms with Crippen molar-refractivity contribution in [3.8, 4) is 0 Å².